The van der Waals surface area contributed by atoms with Crippen LogP contribution in [-0.4, -0.2) is 14.7 Å². The first-order valence-electron chi connectivity index (χ1n) is 6.98. The summed E-state index contributed by atoms with van der Waals surface area (Å²) in [6.45, 7) is 0.568. The summed E-state index contributed by atoms with van der Waals surface area (Å²) in [4.78, 5) is 4.41. The van der Waals surface area contributed by atoms with Crippen LogP contribution in [0.25, 0.3) is 11.3 Å². The van der Waals surface area contributed by atoms with Crippen molar-refractivity contribution in [1.82, 2.24) is 14.9 Å². The van der Waals surface area contributed by atoms with Gasteiger partial charge >= 0.3 is 0 Å². The van der Waals surface area contributed by atoms with E-state index in [2.05, 4.69) is 15.6 Å². The Morgan fingerprint density at radius 1 is 1.00 bits per heavy atom. The summed E-state index contributed by atoms with van der Waals surface area (Å²) in [7, 11) is 0. The van der Waals surface area contributed by atoms with E-state index < -0.39 is 0 Å². The molecule has 0 aliphatic carbocycles. The third kappa shape index (κ3) is 3.71. The molecule has 4 nitrogen and oxygen atoms in total. The highest BCUT2D eigenvalue weighted by Gasteiger charge is 2.02. The van der Waals surface area contributed by atoms with Gasteiger partial charge < -0.3 is 15.2 Å². The van der Waals surface area contributed by atoms with E-state index in [9.17, 15) is 0 Å². The average molecular weight is 308 g/mol. The Kier molecular flexibility index (Phi) is 4.46. The van der Waals surface area contributed by atoms with E-state index in [0.29, 0.717) is 11.8 Å². The van der Waals surface area contributed by atoms with E-state index in [1.165, 1.54) is 0 Å². The molecule has 0 amide bonds. The number of para-hydroxylation sites is 1. The highest BCUT2D eigenvalue weighted by Crippen LogP contribution is 2.15. The SMILES string of the molecule is S=C(NCn1cnc(-c2ccccc2)c1)Nc1ccccc1. The average Bonchev–Trinajstić information content (AvgIpc) is 3.04. The first kappa shape index (κ1) is 14.3. The summed E-state index contributed by atoms with van der Waals surface area (Å²) in [6, 6.07) is 19.9. The summed E-state index contributed by atoms with van der Waals surface area (Å²) in [6.07, 6.45) is 3.79. The molecule has 0 unspecified atom stereocenters. The molecule has 3 aromatic rings. The lowest BCUT2D eigenvalue weighted by atomic mass is 10.2. The van der Waals surface area contributed by atoms with E-state index in [1.54, 1.807) is 6.33 Å². The lowest BCUT2D eigenvalue weighted by molar-refractivity contribution is 0.668. The molecule has 0 atom stereocenters. The maximum atomic E-state index is 5.28. The van der Waals surface area contributed by atoms with Crippen molar-refractivity contribution in [3.8, 4) is 11.3 Å². The number of rotatable bonds is 4. The fraction of sp³-hybridized carbons (Fsp3) is 0.0588. The standard InChI is InChI=1S/C17H16N4S/c22-17(20-15-9-5-2-6-10-15)19-13-21-11-16(18-12-21)14-7-3-1-4-8-14/h1-12H,13H2,(H2,19,20,22). The Morgan fingerprint density at radius 2 is 1.68 bits per heavy atom. The highest BCUT2D eigenvalue weighted by molar-refractivity contribution is 7.80. The third-order valence-electron chi connectivity index (χ3n) is 3.16. The molecule has 22 heavy (non-hydrogen) atoms. The van der Waals surface area contributed by atoms with Gasteiger partial charge in [-0.05, 0) is 24.4 Å². The second-order valence-corrected chi connectivity index (χ2v) is 5.20. The fourth-order valence-corrected chi connectivity index (χ4v) is 2.25. The predicted molar refractivity (Wildman–Crippen MR) is 93.5 cm³/mol. The molecule has 110 valence electrons. The first-order chi connectivity index (χ1) is 10.8. The first-order valence-corrected chi connectivity index (χ1v) is 7.39. The van der Waals surface area contributed by atoms with E-state index >= 15 is 0 Å². The molecule has 1 heterocycles. The van der Waals surface area contributed by atoms with Crippen molar-refractivity contribution in [2.24, 2.45) is 0 Å². The largest absolute Gasteiger partial charge is 0.345 e. The molecule has 0 spiro atoms. The Morgan fingerprint density at radius 3 is 2.41 bits per heavy atom. The van der Waals surface area contributed by atoms with Gasteiger partial charge in [0.25, 0.3) is 0 Å². The molecule has 0 radical (unpaired) electrons. The maximum Gasteiger partial charge on any atom is 0.172 e. The number of nitrogens with zero attached hydrogens (tertiary/aromatic N) is 2. The minimum Gasteiger partial charge on any atom is -0.345 e. The molecule has 0 aliphatic rings. The minimum absolute atomic E-state index is 0.568. The lowest BCUT2D eigenvalue weighted by Crippen LogP contribution is -2.29. The Bertz CT molecular complexity index is 738. The van der Waals surface area contributed by atoms with Crippen LogP contribution in [0.2, 0.25) is 0 Å². The predicted octanol–water partition coefficient (Wildman–Crippen LogP) is 3.49. The molecule has 3 rings (SSSR count). The van der Waals surface area contributed by atoms with Gasteiger partial charge in [-0.2, -0.15) is 0 Å². The Hall–Kier alpha value is -2.66. The molecule has 0 saturated heterocycles. The second kappa shape index (κ2) is 6.87. The second-order valence-electron chi connectivity index (χ2n) is 4.79. The molecule has 2 N–H and O–H groups in total. The molecule has 0 fully saturated rings. The van der Waals surface area contributed by atoms with Gasteiger partial charge in [-0.3, -0.25) is 0 Å². The van der Waals surface area contributed by atoms with Crippen molar-refractivity contribution >= 4 is 23.0 Å². The van der Waals surface area contributed by atoms with Crippen LogP contribution < -0.4 is 10.6 Å². The molecule has 0 aliphatic heterocycles. The van der Waals surface area contributed by atoms with Crippen molar-refractivity contribution in [3.05, 3.63) is 73.2 Å². The molecule has 0 saturated carbocycles. The van der Waals surface area contributed by atoms with Crippen molar-refractivity contribution in [2.45, 2.75) is 6.67 Å². The number of aromatic nitrogens is 2. The van der Waals surface area contributed by atoms with E-state index in [-0.39, 0.29) is 0 Å². The Labute approximate surface area is 134 Å². The third-order valence-corrected chi connectivity index (χ3v) is 3.40. The quantitative estimate of drug-likeness (QED) is 0.724. The van der Waals surface area contributed by atoms with Crippen LogP contribution in [-0.2, 0) is 6.67 Å². The molecule has 2 aromatic carbocycles. The summed E-state index contributed by atoms with van der Waals surface area (Å²) in [5.74, 6) is 0. The number of hydrogen-bond donors (Lipinski definition) is 2. The van der Waals surface area contributed by atoms with Crippen molar-refractivity contribution in [3.63, 3.8) is 0 Å². The zero-order valence-corrected chi connectivity index (χ0v) is 12.8. The maximum absolute atomic E-state index is 5.28. The number of benzene rings is 2. The van der Waals surface area contributed by atoms with Crippen molar-refractivity contribution in [1.29, 1.82) is 0 Å². The summed E-state index contributed by atoms with van der Waals surface area (Å²) >= 11 is 5.28. The van der Waals surface area contributed by atoms with E-state index in [1.807, 2.05) is 71.4 Å². The van der Waals surface area contributed by atoms with Crippen LogP contribution >= 0.6 is 12.2 Å². The Balaban J connectivity index is 1.56. The van der Waals surface area contributed by atoms with Gasteiger partial charge in [-0.15, -0.1) is 0 Å². The smallest absolute Gasteiger partial charge is 0.172 e. The van der Waals surface area contributed by atoms with Crippen LogP contribution in [0.4, 0.5) is 5.69 Å². The van der Waals surface area contributed by atoms with Crippen LogP contribution in [0, 0.1) is 0 Å². The lowest BCUT2D eigenvalue weighted by Gasteiger charge is -2.10. The fourth-order valence-electron chi connectivity index (χ4n) is 2.06. The van der Waals surface area contributed by atoms with Gasteiger partial charge in [-0.1, -0.05) is 48.5 Å². The number of hydrogen-bond acceptors (Lipinski definition) is 2. The zero-order chi connectivity index (χ0) is 15.2. The summed E-state index contributed by atoms with van der Waals surface area (Å²) < 4.78 is 1.96. The van der Waals surface area contributed by atoms with Gasteiger partial charge in [0.15, 0.2) is 5.11 Å². The molecular formula is C17H16N4S. The highest BCUT2D eigenvalue weighted by atomic mass is 32.1. The van der Waals surface area contributed by atoms with E-state index in [0.717, 1.165) is 16.9 Å². The summed E-state index contributed by atoms with van der Waals surface area (Å²) in [5, 5.41) is 6.88. The van der Waals surface area contributed by atoms with Crippen LogP contribution in [0.3, 0.4) is 0 Å². The normalized spacial score (nSPS) is 10.2. The molecule has 1 aromatic heterocycles. The zero-order valence-electron chi connectivity index (χ0n) is 11.9. The number of imidazole rings is 1. The number of thiocarbonyl (C=S) groups is 1. The van der Waals surface area contributed by atoms with Crippen LogP contribution in [0.5, 0.6) is 0 Å². The van der Waals surface area contributed by atoms with Gasteiger partial charge in [0.2, 0.25) is 0 Å². The van der Waals surface area contributed by atoms with Crippen molar-refractivity contribution < 1.29 is 0 Å². The minimum atomic E-state index is 0.568. The number of nitrogens with one attached hydrogen (secondary N) is 2. The van der Waals surface area contributed by atoms with Crippen molar-refractivity contribution in [2.75, 3.05) is 5.32 Å². The van der Waals surface area contributed by atoms with Crippen LogP contribution in [0.15, 0.2) is 73.2 Å². The molecular weight excluding hydrogens is 292 g/mol. The van der Waals surface area contributed by atoms with Crippen LogP contribution in [0.1, 0.15) is 0 Å². The topological polar surface area (TPSA) is 41.9 Å². The van der Waals surface area contributed by atoms with Gasteiger partial charge in [0.1, 0.15) is 0 Å². The van der Waals surface area contributed by atoms with E-state index in [4.69, 9.17) is 12.2 Å². The van der Waals surface area contributed by atoms with Gasteiger partial charge in [0.05, 0.1) is 18.7 Å². The monoisotopic (exact) mass is 308 g/mol. The molecule has 0 bridgehead atoms. The molecule has 5 heteroatoms. The summed E-state index contributed by atoms with van der Waals surface area (Å²) in [5.41, 5.74) is 3.02. The van der Waals surface area contributed by atoms with Gasteiger partial charge in [0, 0.05) is 17.4 Å². The number of anilines is 1. The van der Waals surface area contributed by atoms with Gasteiger partial charge in [-0.25, -0.2) is 4.98 Å².